The molecule has 0 aliphatic carbocycles. The van der Waals surface area contributed by atoms with Gasteiger partial charge in [-0.25, -0.2) is 0 Å². The van der Waals surface area contributed by atoms with Crippen molar-refractivity contribution in [3.05, 3.63) is 34.1 Å². The summed E-state index contributed by atoms with van der Waals surface area (Å²) in [4.78, 5) is 5.74. The molecule has 98 valence electrons. The Morgan fingerprint density at radius 1 is 1.44 bits per heavy atom. The van der Waals surface area contributed by atoms with Gasteiger partial charge < -0.3 is 9.84 Å². The van der Waals surface area contributed by atoms with E-state index in [2.05, 4.69) is 47.7 Å². The van der Waals surface area contributed by atoms with Crippen LogP contribution in [0.2, 0.25) is 0 Å². The molecule has 0 bridgehead atoms. The minimum Gasteiger partial charge on any atom is -0.339 e. The van der Waals surface area contributed by atoms with Gasteiger partial charge >= 0.3 is 0 Å². The third-order valence-corrected chi connectivity index (χ3v) is 3.94. The first-order chi connectivity index (χ1) is 8.70. The summed E-state index contributed by atoms with van der Waals surface area (Å²) in [7, 11) is 0. The van der Waals surface area contributed by atoms with Crippen LogP contribution in [0, 0.1) is 0 Å². The molecule has 0 spiro atoms. The number of hydrogen-bond acceptors (Lipinski definition) is 5. The molecule has 1 N–H and O–H groups in total. The first kappa shape index (κ1) is 13.2. The molecule has 0 fully saturated rings. The van der Waals surface area contributed by atoms with Gasteiger partial charge in [-0.15, -0.1) is 11.3 Å². The van der Waals surface area contributed by atoms with E-state index < -0.39 is 0 Å². The Balaban J connectivity index is 2.01. The summed E-state index contributed by atoms with van der Waals surface area (Å²) in [6, 6.07) is 4.47. The molecular formula is C13H19N3OS. The minimum atomic E-state index is 0.231. The Kier molecular flexibility index (Phi) is 4.49. The lowest BCUT2D eigenvalue weighted by Crippen LogP contribution is -2.30. The van der Waals surface area contributed by atoms with E-state index in [0.717, 1.165) is 24.7 Å². The quantitative estimate of drug-likeness (QED) is 0.872. The summed E-state index contributed by atoms with van der Waals surface area (Å²) in [5.41, 5.74) is 0. The summed E-state index contributed by atoms with van der Waals surface area (Å²) in [6.45, 7) is 7.29. The number of likely N-dealkylation sites (N-methyl/N-ethyl adjacent to an activating group) is 1. The highest BCUT2D eigenvalue weighted by atomic mass is 32.1. The van der Waals surface area contributed by atoms with Crippen molar-refractivity contribution in [2.45, 2.75) is 39.2 Å². The van der Waals surface area contributed by atoms with Crippen molar-refractivity contribution in [3.8, 4) is 0 Å². The number of hydrogen-bond donors (Lipinski definition) is 1. The van der Waals surface area contributed by atoms with Gasteiger partial charge in [0.05, 0.1) is 5.92 Å². The van der Waals surface area contributed by atoms with Crippen molar-refractivity contribution < 1.29 is 4.52 Å². The normalized spacial score (nSPS) is 14.6. The SMILES string of the molecule is CCNC(C)C(C)c1nc(Cc2cccs2)no1. The summed E-state index contributed by atoms with van der Waals surface area (Å²) >= 11 is 1.72. The van der Waals surface area contributed by atoms with Gasteiger partial charge in [0, 0.05) is 17.3 Å². The molecule has 5 heteroatoms. The van der Waals surface area contributed by atoms with Crippen molar-refractivity contribution >= 4 is 11.3 Å². The highest BCUT2D eigenvalue weighted by Gasteiger charge is 2.20. The van der Waals surface area contributed by atoms with Crippen LogP contribution < -0.4 is 5.32 Å². The van der Waals surface area contributed by atoms with Crippen molar-refractivity contribution in [3.63, 3.8) is 0 Å². The van der Waals surface area contributed by atoms with E-state index in [1.54, 1.807) is 11.3 Å². The maximum Gasteiger partial charge on any atom is 0.231 e. The molecule has 0 aliphatic rings. The Labute approximate surface area is 111 Å². The minimum absolute atomic E-state index is 0.231. The predicted octanol–water partition coefficient (Wildman–Crippen LogP) is 2.82. The van der Waals surface area contributed by atoms with Crippen LogP contribution in [-0.4, -0.2) is 22.7 Å². The fourth-order valence-electron chi connectivity index (χ4n) is 1.81. The van der Waals surface area contributed by atoms with Gasteiger partial charge in [-0.2, -0.15) is 4.98 Å². The van der Waals surface area contributed by atoms with E-state index in [4.69, 9.17) is 4.52 Å². The summed E-state index contributed by atoms with van der Waals surface area (Å²) in [6.07, 6.45) is 0.753. The Bertz CT molecular complexity index is 466. The monoisotopic (exact) mass is 265 g/mol. The number of aromatic nitrogens is 2. The lowest BCUT2D eigenvalue weighted by atomic mass is 10.0. The molecule has 2 aromatic rings. The molecule has 2 aromatic heterocycles. The van der Waals surface area contributed by atoms with Gasteiger partial charge in [0.15, 0.2) is 5.82 Å². The number of nitrogens with one attached hydrogen (secondary N) is 1. The Morgan fingerprint density at radius 2 is 2.28 bits per heavy atom. The van der Waals surface area contributed by atoms with E-state index in [-0.39, 0.29) is 5.92 Å². The van der Waals surface area contributed by atoms with E-state index >= 15 is 0 Å². The molecule has 2 rings (SSSR count). The molecule has 2 unspecified atom stereocenters. The molecule has 2 heterocycles. The third-order valence-electron chi connectivity index (χ3n) is 3.06. The van der Waals surface area contributed by atoms with Gasteiger partial charge in [0.2, 0.25) is 5.89 Å². The van der Waals surface area contributed by atoms with Crippen molar-refractivity contribution in [1.29, 1.82) is 0 Å². The largest absolute Gasteiger partial charge is 0.339 e. The standard InChI is InChI=1S/C13H19N3OS/c1-4-14-10(3)9(2)13-15-12(16-17-13)8-11-6-5-7-18-11/h5-7,9-10,14H,4,8H2,1-3H3. The van der Waals surface area contributed by atoms with Crippen molar-refractivity contribution in [2.75, 3.05) is 6.54 Å². The van der Waals surface area contributed by atoms with Gasteiger partial charge in [-0.1, -0.05) is 25.1 Å². The summed E-state index contributed by atoms with van der Waals surface area (Å²) < 4.78 is 5.35. The molecule has 0 amide bonds. The molecular weight excluding hydrogens is 246 g/mol. The highest BCUT2D eigenvalue weighted by Crippen LogP contribution is 2.19. The second-order valence-electron chi connectivity index (χ2n) is 4.44. The average molecular weight is 265 g/mol. The van der Waals surface area contributed by atoms with Crippen LogP contribution in [0.15, 0.2) is 22.0 Å². The lowest BCUT2D eigenvalue weighted by Gasteiger charge is -2.16. The van der Waals surface area contributed by atoms with E-state index in [1.165, 1.54) is 4.88 Å². The first-order valence-corrected chi connectivity index (χ1v) is 7.17. The van der Waals surface area contributed by atoms with Crippen molar-refractivity contribution in [1.82, 2.24) is 15.5 Å². The van der Waals surface area contributed by atoms with Gasteiger partial charge in [0.1, 0.15) is 0 Å². The fourth-order valence-corrected chi connectivity index (χ4v) is 2.51. The zero-order valence-corrected chi connectivity index (χ0v) is 11.8. The topological polar surface area (TPSA) is 51.0 Å². The van der Waals surface area contributed by atoms with E-state index in [9.17, 15) is 0 Å². The molecule has 0 saturated heterocycles. The first-order valence-electron chi connectivity index (χ1n) is 6.29. The van der Waals surface area contributed by atoms with Gasteiger partial charge in [-0.05, 0) is 24.9 Å². The predicted molar refractivity (Wildman–Crippen MR) is 73.0 cm³/mol. The zero-order chi connectivity index (χ0) is 13.0. The van der Waals surface area contributed by atoms with Crippen LogP contribution in [0.25, 0.3) is 0 Å². The number of rotatable bonds is 6. The smallest absolute Gasteiger partial charge is 0.231 e. The van der Waals surface area contributed by atoms with Crippen molar-refractivity contribution in [2.24, 2.45) is 0 Å². The molecule has 0 radical (unpaired) electrons. The molecule has 0 aliphatic heterocycles. The molecule has 0 aromatic carbocycles. The lowest BCUT2D eigenvalue weighted by molar-refractivity contribution is 0.330. The average Bonchev–Trinajstić information content (AvgIpc) is 3.00. The van der Waals surface area contributed by atoms with Crippen LogP contribution >= 0.6 is 11.3 Å². The fraction of sp³-hybridized carbons (Fsp3) is 0.538. The maximum atomic E-state index is 5.35. The van der Waals surface area contributed by atoms with E-state index in [1.807, 2.05) is 6.07 Å². The summed E-state index contributed by atoms with van der Waals surface area (Å²) in [5.74, 6) is 1.72. The zero-order valence-electron chi connectivity index (χ0n) is 11.0. The van der Waals surface area contributed by atoms with Crippen LogP contribution in [0.4, 0.5) is 0 Å². The second-order valence-corrected chi connectivity index (χ2v) is 5.47. The van der Waals surface area contributed by atoms with Crippen LogP contribution in [0.1, 0.15) is 43.3 Å². The maximum absolute atomic E-state index is 5.35. The van der Waals surface area contributed by atoms with Crippen LogP contribution in [-0.2, 0) is 6.42 Å². The molecule has 0 saturated carbocycles. The molecule has 18 heavy (non-hydrogen) atoms. The number of thiophene rings is 1. The number of nitrogens with zero attached hydrogens (tertiary/aromatic N) is 2. The van der Waals surface area contributed by atoms with Crippen LogP contribution in [0.5, 0.6) is 0 Å². The third kappa shape index (κ3) is 3.17. The molecule has 2 atom stereocenters. The Morgan fingerprint density at radius 3 is 2.94 bits per heavy atom. The van der Waals surface area contributed by atoms with Gasteiger partial charge in [-0.3, -0.25) is 0 Å². The Hall–Kier alpha value is -1.20. The van der Waals surface area contributed by atoms with E-state index in [0.29, 0.717) is 6.04 Å². The van der Waals surface area contributed by atoms with Crippen LogP contribution in [0.3, 0.4) is 0 Å². The summed E-state index contributed by atoms with van der Waals surface area (Å²) in [5, 5.41) is 9.48. The highest BCUT2D eigenvalue weighted by molar-refractivity contribution is 7.09. The molecule has 4 nitrogen and oxygen atoms in total. The van der Waals surface area contributed by atoms with Gasteiger partial charge in [0.25, 0.3) is 0 Å². The second kappa shape index (κ2) is 6.11.